The van der Waals surface area contributed by atoms with Crippen molar-refractivity contribution in [2.75, 3.05) is 17.2 Å². The fraction of sp³-hybridized carbons (Fsp3) is 0.333. The Morgan fingerprint density at radius 3 is 2.55 bits per heavy atom. The van der Waals surface area contributed by atoms with Gasteiger partial charge in [-0.3, -0.25) is 4.79 Å². The third-order valence-corrected chi connectivity index (χ3v) is 4.17. The molecule has 0 spiro atoms. The average Bonchev–Trinajstić information content (AvgIpc) is 2.69. The molecule has 0 radical (unpaired) electrons. The lowest BCUT2D eigenvalue weighted by molar-refractivity contribution is -0.117. The van der Waals surface area contributed by atoms with Gasteiger partial charge in [0.1, 0.15) is 11.6 Å². The molecule has 1 atom stereocenters. The van der Waals surface area contributed by atoms with Crippen LogP contribution in [0.15, 0.2) is 12.1 Å². The normalized spacial score (nSPS) is 18.8. The number of halogens is 2. The van der Waals surface area contributed by atoms with Crippen LogP contribution in [0.1, 0.15) is 16.8 Å². The summed E-state index contributed by atoms with van der Waals surface area (Å²) in [6.45, 7) is -0.141. The molecule has 1 fully saturated rings. The fourth-order valence-electron chi connectivity index (χ4n) is 2.36. The van der Waals surface area contributed by atoms with Crippen molar-refractivity contribution in [3.05, 3.63) is 29.3 Å². The number of carboxylic acid groups (broad SMARTS) is 1. The standard InChI is InChI=1S/C12H12F2N2O5S/c13-8-3-10(9(14)2-7(8)12(18)19)16-4-6(1-11(16)17)5-22(15,20)21/h2-3,6H,1,4-5H2,(H,18,19)(H2,15,20,21). The molecule has 0 saturated carbocycles. The topological polar surface area (TPSA) is 118 Å². The van der Waals surface area contributed by atoms with Crippen LogP contribution < -0.4 is 10.0 Å². The van der Waals surface area contributed by atoms with Gasteiger partial charge in [-0.2, -0.15) is 0 Å². The molecule has 1 amide bonds. The van der Waals surface area contributed by atoms with Crippen LogP contribution in [-0.4, -0.2) is 37.7 Å². The van der Waals surface area contributed by atoms with E-state index < -0.39 is 56.5 Å². The lowest BCUT2D eigenvalue weighted by atomic mass is 10.1. The highest BCUT2D eigenvalue weighted by molar-refractivity contribution is 7.89. The van der Waals surface area contributed by atoms with Crippen LogP contribution in [0.2, 0.25) is 0 Å². The van der Waals surface area contributed by atoms with Crippen LogP contribution in [0.4, 0.5) is 14.5 Å². The van der Waals surface area contributed by atoms with Crippen molar-refractivity contribution in [2.24, 2.45) is 11.1 Å². The Bertz CT molecular complexity index is 750. The first-order valence-electron chi connectivity index (χ1n) is 6.11. The lowest BCUT2D eigenvalue weighted by Gasteiger charge is -2.18. The van der Waals surface area contributed by atoms with Crippen molar-refractivity contribution in [1.29, 1.82) is 0 Å². The van der Waals surface area contributed by atoms with Gasteiger partial charge in [0.05, 0.1) is 17.0 Å². The maximum absolute atomic E-state index is 13.9. The van der Waals surface area contributed by atoms with E-state index in [1.165, 1.54) is 0 Å². The number of aromatic carboxylic acids is 1. The number of carboxylic acids is 1. The maximum atomic E-state index is 13.9. The number of carbonyl (C=O) groups excluding carboxylic acids is 1. The zero-order valence-corrected chi connectivity index (χ0v) is 11.9. The predicted octanol–water partition coefficient (Wildman–Crippen LogP) is 0.304. The van der Waals surface area contributed by atoms with Crippen LogP contribution >= 0.6 is 0 Å². The number of primary sulfonamides is 1. The van der Waals surface area contributed by atoms with Crippen LogP contribution in [0, 0.1) is 17.6 Å². The Balaban J connectivity index is 2.31. The van der Waals surface area contributed by atoms with Crippen LogP contribution in [0.25, 0.3) is 0 Å². The minimum atomic E-state index is -3.80. The molecule has 1 heterocycles. The maximum Gasteiger partial charge on any atom is 0.338 e. The molecule has 10 heteroatoms. The molecule has 7 nitrogen and oxygen atoms in total. The highest BCUT2D eigenvalue weighted by Gasteiger charge is 2.34. The number of nitrogens with zero attached hydrogens (tertiary/aromatic N) is 1. The summed E-state index contributed by atoms with van der Waals surface area (Å²) in [5, 5.41) is 13.6. The summed E-state index contributed by atoms with van der Waals surface area (Å²) in [7, 11) is -3.80. The molecule has 1 saturated heterocycles. The van der Waals surface area contributed by atoms with E-state index in [9.17, 15) is 26.8 Å². The summed E-state index contributed by atoms with van der Waals surface area (Å²) in [6.07, 6.45) is -0.168. The zero-order valence-electron chi connectivity index (χ0n) is 11.1. The van der Waals surface area contributed by atoms with E-state index in [4.69, 9.17) is 10.2 Å². The third-order valence-electron chi connectivity index (χ3n) is 3.23. The second kappa shape index (κ2) is 5.61. The number of amides is 1. The van der Waals surface area contributed by atoms with E-state index in [0.717, 1.165) is 4.90 Å². The molecular weight excluding hydrogens is 322 g/mol. The number of carbonyl (C=O) groups is 2. The van der Waals surface area contributed by atoms with Gasteiger partial charge in [0.2, 0.25) is 15.9 Å². The second-order valence-corrected chi connectivity index (χ2v) is 6.65. The number of hydrogen-bond acceptors (Lipinski definition) is 4. The molecule has 3 N–H and O–H groups in total. The molecule has 0 aliphatic carbocycles. The Morgan fingerprint density at radius 1 is 1.36 bits per heavy atom. The monoisotopic (exact) mass is 334 g/mol. The highest BCUT2D eigenvalue weighted by Crippen LogP contribution is 2.29. The molecule has 1 aromatic rings. The van der Waals surface area contributed by atoms with Crippen molar-refractivity contribution in [3.8, 4) is 0 Å². The number of hydrogen-bond donors (Lipinski definition) is 2. The van der Waals surface area contributed by atoms with E-state index in [1.807, 2.05) is 0 Å². The van der Waals surface area contributed by atoms with Gasteiger partial charge < -0.3 is 10.0 Å². The van der Waals surface area contributed by atoms with Crippen molar-refractivity contribution < 1.29 is 31.9 Å². The molecular formula is C12H12F2N2O5S. The largest absolute Gasteiger partial charge is 0.478 e. The average molecular weight is 334 g/mol. The van der Waals surface area contributed by atoms with E-state index in [0.29, 0.717) is 12.1 Å². The molecule has 0 bridgehead atoms. The molecule has 2 rings (SSSR count). The quantitative estimate of drug-likeness (QED) is 0.821. The molecule has 22 heavy (non-hydrogen) atoms. The predicted molar refractivity (Wildman–Crippen MR) is 71.8 cm³/mol. The summed E-state index contributed by atoms with van der Waals surface area (Å²) >= 11 is 0. The summed E-state index contributed by atoms with van der Waals surface area (Å²) in [4.78, 5) is 23.4. The lowest BCUT2D eigenvalue weighted by Crippen LogP contribution is -2.28. The first-order valence-corrected chi connectivity index (χ1v) is 7.83. The minimum Gasteiger partial charge on any atom is -0.478 e. The van der Waals surface area contributed by atoms with Crippen molar-refractivity contribution in [1.82, 2.24) is 0 Å². The van der Waals surface area contributed by atoms with Gasteiger partial charge in [-0.1, -0.05) is 0 Å². The first kappa shape index (κ1) is 16.3. The Morgan fingerprint density at radius 2 is 2.00 bits per heavy atom. The van der Waals surface area contributed by atoms with Gasteiger partial charge in [-0.25, -0.2) is 27.1 Å². The zero-order chi connectivity index (χ0) is 16.7. The van der Waals surface area contributed by atoms with E-state index in [-0.39, 0.29) is 13.0 Å². The highest BCUT2D eigenvalue weighted by atomic mass is 32.2. The number of sulfonamides is 1. The van der Waals surface area contributed by atoms with Crippen molar-refractivity contribution in [2.45, 2.75) is 6.42 Å². The first-order chi connectivity index (χ1) is 10.1. The van der Waals surface area contributed by atoms with Gasteiger partial charge in [0.15, 0.2) is 0 Å². The number of rotatable bonds is 4. The third kappa shape index (κ3) is 3.39. The number of anilines is 1. The summed E-state index contributed by atoms with van der Waals surface area (Å²) in [5.74, 6) is -5.58. The van der Waals surface area contributed by atoms with Crippen LogP contribution in [-0.2, 0) is 14.8 Å². The van der Waals surface area contributed by atoms with Crippen molar-refractivity contribution in [3.63, 3.8) is 0 Å². The fourth-order valence-corrected chi connectivity index (χ4v) is 3.24. The van der Waals surface area contributed by atoms with Gasteiger partial charge in [-0.15, -0.1) is 0 Å². The van der Waals surface area contributed by atoms with E-state index in [1.54, 1.807) is 0 Å². The van der Waals surface area contributed by atoms with Crippen LogP contribution in [0.5, 0.6) is 0 Å². The van der Waals surface area contributed by atoms with Gasteiger partial charge in [-0.05, 0) is 6.07 Å². The molecule has 1 aliphatic heterocycles. The van der Waals surface area contributed by atoms with Gasteiger partial charge in [0.25, 0.3) is 0 Å². The number of nitrogens with two attached hydrogens (primary N) is 1. The smallest absolute Gasteiger partial charge is 0.338 e. The Labute approximate surface area is 124 Å². The summed E-state index contributed by atoms with van der Waals surface area (Å²) in [6, 6.07) is 1.09. The van der Waals surface area contributed by atoms with Gasteiger partial charge in [0, 0.05) is 24.9 Å². The molecule has 1 unspecified atom stereocenters. The Hall–Kier alpha value is -2.07. The van der Waals surface area contributed by atoms with Gasteiger partial charge >= 0.3 is 5.97 Å². The van der Waals surface area contributed by atoms with Crippen LogP contribution in [0.3, 0.4) is 0 Å². The number of benzene rings is 1. The Kier molecular flexibility index (Phi) is 4.16. The van der Waals surface area contributed by atoms with E-state index in [2.05, 4.69) is 0 Å². The SMILES string of the molecule is NS(=O)(=O)CC1CC(=O)N(c2cc(F)c(C(=O)O)cc2F)C1. The van der Waals surface area contributed by atoms with Crippen molar-refractivity contribution >= 4 is 27.6 Å². The van der Waals surface area contributed by atoms with E-state index >= 15 is 0 Å². The molecule has 0 aromatic heterocycles. The molecule has 1 aliphatic rings. The summed E-state index contributed by atoms with van der Waals surface area (Å²) in [5.41, 5.74) is -1.28. The molecule has 1 aromatic carbocycles. The summed E-state index contributed by atoms with van der Waals surface area (Å²) < 4.78 is 49.6. The minimum absolute atomic E-state index is 0.141. The second-order valence-electron chi connectivity index (χ2n) is 4.99. The molecule has 120 valence electrons.